The summed E-state index contributed by atoms with van der Waals surface area (Å²) in [5.74, 6) is 0.712. The zero-order chi connectivity index (χ0) is 14.6. The molecule has 1 N–H and O–H groups in total. The van der Waals surface area contributed by atoms with Gasteiger partial charge in [-0.3, -0.25) is 4.90 Å². The van der Waals surface area contributed by atoms with Crippen LogP contribution in [-0.2, 0) is 13.1 Å². The summed E-state index contributed by atoms with van der Waals surface area (Å²) in [6, 6.07) is 9.05. The highest BCUT2D eigenvalue weighted by Crippen LogP contribution is 2.29. The Morgan fingerprint density at radius 2 is 2.00 bits per heavy atom. The van der Waals surface area contributed by atoms with Crippen molar-refractivity contribution in [3.05, 3.63) is 35.4 Å². The van der Waals surface area contributed by atoms with Crippen LogP contribution in [0, 0.1) is 5.92 Å². The zero-order valence-electron chi connectivity index (χ0n) is 13.6. The molecule has 20 heavy (non-hydrogen) atoms. The summed E-state index contributed by atoms with van der Waals surface area (Å²) in [5, 5.41) is 3.52. The monoisotopic (exact) mass is 274 g/mol. The van der Waals surface area contributed by atoms with Gasteiger partial charge in [0.1, 0.15) is 0 Å². The van der Waals surface area contributed by atoms with Gasteiger partial charge in [-0.1, -0.05) is 38.1 Å². The molecule has 0 atom stereocenters. The first-order valence-electron chi connectivity index (χ1n) is 8.01. The van der Waals surface area contributed by atoms with Gasteiger partial charge in [0.15, 0.2) is 0 Å². The molecule has 1 aromatic carbocycles. The van der Waals surface area contributed by atoms with Gasteiger partial charge in [-0.25, -0.2) is 0 Å². The lowest BCUT2D eigenvalue weighted by molar-refractivity contribution is 0.166. The zero-order valence-corrected chi connectivity index (χ0v) is 13.6. The van der Waals surface area contributed by atoms with Crippen molar-refractivity contribution in [1.82, 2.24) is 10.2 Å². The Morgan fingerprint density at radius 1 is 1.25 bits per heavy atom. The van der Waals surface area contributed by atoms with Gasteiger partial charge in [-0.2, -0.15) is 0 Å². The van der Waals surface area contributed by atoms with E-state index in [4.69, 9.17) is 0 Å². The summed E-state index contributed by atoms with van der Waals surface area (Å²) < 4.78 is 0. The van der Waals surface area contributed by atoms with Crippen LogP contribution in [-0.4, -0.2) is 23.5 Å². The summed E-state index contributed by atoms with van der Waals surface area (Å²) in [5.41, 5.74) is 3.22. The molecule has 2 rings (SSSR count). The van der Waals surface area contributed by atoms with Crippen LogP contribution in [0.15, 0.2) is 24.3 Å². The molecular weight excluding hydrogens is 244 g/mol. The van der Waals surface area contributed by atoms with E-state index in [0.29, 0.717) is 11.5 Å². The Balaban J connectivity index is 1.92. The Kier molecular flexibility index (Phi) is 5.22. The molecule has 0 saturated carbocycles. The van der Waals surface area contributed by atoms with Crippen molar-refractivity contribution in [2.75, 3.05) is 13.1 Å². The number of rotatable bonds is 6. The second-order valence-corrected chi connectivity index (χ2v) is 7.18. The predicted molar refractivity (Wildman–Crippen MR) is 86.7 cm³/mol. The molecule has 1 saturated heterocycles. The number of likely N-dealkylation sites (tertiary alicyclic amines) is 1. The molecule has 0 spiro atoms. The molecule has 0 bridgehead atoms. The first-order valence-corrected chi connectivity index (χ1v) is 8.01. The van der Waals surface area contributed by atoms with Crippen molar-refractivity contribution >= 4 is 0 Å². The second kappa shape index (κ2) is 6.73. The lowest BCUT2D eigenvalue weighted by Crippen LogP contribution is -2.37. The highest BCUT2D eigenvalue weighted by molar-refractivity contribution is 5.23. The van der Waals surface area contributed by atoms with E-state index in [0.717, 1.165) is 19.6 Å². The van der Waals surface area contributed by atoms with Crippen molar-refractivity contribution in [3.8, 4) is 0 Å². The van der Waals surface area contributed by atoms with Crippen molar-refractivity contribution in [1.29, 1.82) is 0 Å². The summed E-state index contributed by atoms with van der Waals surface area (Å²) in [4.78, 5) is 2.62. The van der Waals surface area contributed by atoms with Gasteiger partial charge in [-0.15, -0.1) is 0 Å². The van der Waals surface area contributed by atoms with Crippen LogP contribution in [0.5, 0.6) is 0 Å². The minimum atomic E-state index is 0.367. The van der Waals surface area contributed by atoms with E-state index in [1.165, 1.54) is 30.5 Å². The molecular formula is C18H30N2. The third-order valence-corrected chi connectivity index (χ3v) is 4.32. The first kappa shape index (κ1) is 15.5. The van der Waals surface area contributed by atoms with Gasteiger partial charge in [-0.05, 0) is 56.8 Å². The second-order valence-electron chi connectivity index (χ2n) is 7.18. The van der Waals surface area contributed by atoms with Crippen molar-refractivity contribution in [2.45, 2.75) is 59.2 Å². The smallest absolute Gasteiger partial charge is 0.0239 e. The molecule has 0 amide bonds. The quantitative estimate of drug-likeness (QED) is 0.848. The standard InChI is InChI=1S/C18H30N2/c1-15(2)12-19-13-16-7-5-8-17(11-16)14-20-10-6-9-18(20,3)4/h5,7-8,11,15,19H,6,9-10,12-14H2,1-4H3. The Bertz CT molecular complexity index is 423. The summed E-state index contributed by atoms with van der Waals surface area (Å²) in [6.45, 7) is 13.6. The number of benzene rings is 1. The minimum Gasteiger partial charge on any atom is -0.312 e. The van der Waals surface area contributed by atoms with E-state index in [1.807, 2.05) is 0 Å². The number of hydrogen-bond acceptors (Lipinski definition) is 2. The van der Waals surface area contributed by atoms with Gasteiger partial charge in [0.25, 0.3) is 0 Å². The van der Waals surface area contributed by atoms with Crippen LogP contribution in [0.1, 0.15) is 51.7 Å². The lowest BCUT2D eigenvalue weighted by Gasteiger charge is -2.31. The highest BCUT2D eigenvalue weighted by Gasteiger charge is 2.31. The fourth-order valence-corrected chi connectivity index (χ4v) is 3.02. The van der Waals surface area contributed by atoms with Gasteiger partial charge in [0, 0.05) is 18.6 Å². The maximum atomic E-state index is 3.52. The van der Waals surface area contributed by atoms with E-state index in [2.05, 4.69) is 62.2 Å². The van der Waals surface area contributed by atoms with Crippen molar-refractivity contribution < 1.29 is 0 Å². The van der Waals surface area contributed by atoms with Crippen LogP contribution in [0.2, 0.25) is 0 Å². The van der Waals surface area contributed by atoms with Gasteiger partial charge >= 0.3 is 0 Å². The molecule has 2 heteroatoms. The van der Waals surface area contributed by atoms with Crippen LogP contribution in [0.4, 0.5) is 0 Å². The average Bonchev–Trinajstić information content (AvgIpc) is 2.69. The highest BCUT2D eigenvalue weighted by atomic mass is 15.2. The van der Waals surface area contributed by atoms with Crippen LogP contribution < -0.4 is 5.32 Å². The van der Waals surface area contributed by atoms with E-state index < -0.39 is 0 Å². The largest absolute Gasteiger partial charge is 0.312 e. The van der Waals surface area contributed by atoms with E-state index in [1.54, 1.807) is 0 Å². The fraction of sp³-hybridized carbons (Fsp3) is 0.667. The molecule has 2 nitrogen and oxygen atoms in total. The number of nitrogens with one attached hydrogen (secondary N) is 1. The normalized spacial score (nSPS) is 18.9. The summed E-state index contributed by atoms with van der Waals surface area (Å²) in [6.07, 6.45) is 2.66. The third-order valence-electron chi connectivity index (χ3n) is 4.32. The SMILES string of the molecule is CC(C)CNCc1cccc(CN2CCCC2(C)C)c1. The number of nitrogens with zero attached hydrogens (tertiary/aromatic N) is 1. The molecule has 1 aliphatic rings. The Labute approximate surface area is 124 Å². The molecule has 0 unspecified atom stereocenters. The summed E-state index contributed by atoms with van der Waals surface area (Å²) in [7, 11) is 0. The third kappa shape index (κ3) is 4.32. The Morgan fingerprint density at radius 3 is 2.65 bits per heavy atom. The van der Waals surface area contributed by atoms with Crippen LogP contribution in [0.25, 0.3) is 0 Å². The van der Waals surface area contributed by atoms with E-state index in [9.17, 15) is 0 Å². The van der Waals surface area contributed by atoms with Gasteiger partial charge in [0.2, 0.25) is 0 Å². The first-order chi connectivity index (χ1) is 9.47. The predicted octanol–water partition coefficient (Wildman–Crippen LogP) is 3.81. The Hall–Kier alpha value is -0.860. The summed E-state index contributed by atoms with van der Waals surface area (Å²) >= 11 is 0. The minimum absolute atomic E-state index is 0.367. The molecule has 0 radical (unpaired) electrons. The van der Waals surface area contributed by atoms with Gasteiger partial charge in [0.05, 0.1) is 0 Å². The van der Waals surface area contributed by atoms with Crippen molar-refractivity contribution in [2.24, 2.45) is 5.92 Å². The molecule has 1 aromatic rings. The molecule has 1 fully saturated rings. The molecule has 112 valence electrons. The van der Waals surface area contributed by atoms with E-state index in [-0.39, 0.29) is 0 Å². The van der Waals surface area contributed by atoms with Gasteiger partial charge < -0.3 is 5.32 Å². The molecule has 1 aliphatic heterocycles. The molecule has 0 aliphatic carbocycles. The van der Waals surface area contributed by atoms with Crippen LogP contribution in [0.3, 0.4) is 0 Å². The van der Waals surface area contributed by atoms with E-state index >= 15 is 0 Å². The fourth-order valence-electron chi connectivity index (χ4n) is 3.02. The molecule has 0 aromatic heterocycles. The maximum Gasteiger partial charge on any atom is 0.0239 e. The van der Waals surface area contributed by atoms with Crippen LogP contribution >= 0.6 is 0 Å². The number of hydrogen-bond donors (Lipinski definition) is 1. The lowest BCUT2D eigenvalue weighted by atomic mass is 10.0. The maximum absolute atomic E-state index is 3.52. The van der Waals surface area contributed by atoms with Crippen molar-refractivity contribution in [3.63, 3.8) is 0 Å². The average molecular weight is 274 g/mol. The topological polar surface area (TPSA) is 15.3 Å². The molecule has 1 heterocycles.